The second-order valence-electron chi connectivity index (χ2n) is 21.5. The molecule has 0 unspecified atom stereocenters. The Hall–Kier alpha value is -7.56. The number of thiol groups is 1. The van der Waals surface area contributed by atoms with E-state index in [1.807, 2.05) is 6.92 Å². The van der Waals surface area contributed by atoms with Gasteiger partial charge in [-0.3, -0.25) is 57.5 Å². The highest BCUT2D eigenvalue weighted by atomic mass is 32.1. The number of phenolic OH excluding ortho intramolecular Hbond substituents is 1. The van der Waals surface area contributed by atoms with E-state index in [1.165, 1.54) is 31.2 Å². The first-order chi connectivity index (χ1) is 38.7. The van der Waals surface area contributed by atoms with Crippen molar-refractivity contribution in [2.45, 2.75) is 187 Å². The molecule has 28 nitrogen and oxygen atoms in total. The third-order valence-corrected chi connectivity index (χ3v) is 14.2. The predicted octanol–water partition coefficient (Wildman–Crippen LogP) is -1.31. The van der Waals surface area contributed by atoms with Gasteiger partial charge in [-0.15, -0.1) is 0 Å². The molecule has 1 rings (SSSR count). The van der Waals surface area contributed by atoms with Gasteiger partial charge in [0.2, 0.25) is 59.1 Å². The Kier molecular flexibility index (Phi) is 32.0. The number of nitrogens with one attached hydrogen (secondary N) is 9. The number of nitrogens with two attached hydrogens (primary N) is 2. The van der Waals surface area contributed by atoms with Crippen LogP contribution in [0.3, 0.4) is 0 Å². The van der Waals surface area contributed by atoms with Crippen LogP contribution in [-0.4, -0.2) is 164 Å². The standard InChI is InChI=1S/C54H87N11O17S/c1-11-27(8)41(56)50(77)63-42(26(6)7)51(78)65-44(29(10)13-3)53(80)62-37(24-83)49(76)57-32(18-19-38(55)67)45(72)58-33(21-30-14-16-31(66)17-15-30)48(75)64-43(28(9)12-2)52(79)60-35(23-40(70)71)46(73)59-34(22-39(68)69)47(74)61-36(54(81)82)20-25(4)5/h14-17,25-29,32-37,41-44,66,83H,11-13,18-24,56H2,1-10H3,(H2,55,67)(H,57,76)(H,58,72)(H,59,73)(H,60,79)(H,61,74)(H,62,80)(H,63,77)(H,64,75)(H,65,78)(H,68,69)(H,70,71)(H,81,82)/t27-,28-,29-,32-,33-,34-,35-,36-,37-,41-,42-,43-,44-/m0/s1. The molecule has 0 bridgehead atoms. The van der Waals surface area contributed by atoms with E-state index >= 15 is 0 Å². The van der Waals surface area contributed by atoms with Crippen molar-refractivity contribution < 1.29 is 82.8 Å². The molecule has 0 radical (unpaired) electrons. The molecule has 1 aromatic rings. The second kappa shape index (κ2) is 36.1. The van der Waals surface area contributed by atoms with Crippen LogP contribution in [0.15, 0.2) is 24.3 Å². The minimum atomic E-state index is -2.03. The molecule has 0 spiro atoms. The first-order valence-corrected chi connectivity index (χ1v) is 28.2. The molecule has 0 aromatic heterocycles. The van der Waals surface area contributed by atoms with Gasteiger partial charge < -0.3 is 79.7 Å². The topological polar surface area (TPSA) is 463 Å². The number of carbonyl (C=O) groups excluding carboxylic acids is 10. The molecule has 29 heteroatoms. The number of hydrogen-bond donors (Lipinski definition) is 16. The minimum absolute atomic E-state index is 0.0801. The van der Waals surface area contributed by atoms with E-state index in [0.717, 1.165) is 0 Å². The molecule has 10 amide bonds. The number of carboxylic acid groups (broad SMARTS) is 3. The predicted molar refractivity (Wildman–Crippen MR) is 304 cm³/mol. The number of carboxylic acids is 3. The molecule has 0 fully saturated rings. The number of amides is 10. The average Bonchev–Trinajstić information content (AvgIpc) is 3.52. The van der Waals surface area contributed by atoms with Crippen LogP contribution in [0.1, 0.15) is 126 Å². The number of phenols is 1. The second-order valence-corrected chi connectivity index (χ2v) is 21.8. The number of aromatic hydroxyl groups is 1. The highest BCUT2D eigenvalue weighted by Crippen LogP contribution is 2.17. The van der Waals surface area contributed by atoms with Crippen LogP contribution in [0.5, 0.6) is 5.75 Å². The maximum atomic E-state index is 14.5. The van der Waals surface area contributed by atoms with Gasteiger partial charge in [-0.2, -0.15) is 12.6 Å². The quantitative estimate of drug-likeness (QED) is 0.0342. The van der Waals surface area contributed by atoms with Gasteiger partial charge >= 0.3 is 17.9 Å². The van der Waals surface area contributed by atoms with E-state index in [4.69, 9.17) is 11.5 Å². The third-order valence-electron chi connectivity index (χ3n) is 13.9. The Labute approximate surface area is 488 Å². The largest absolute Gasteiger partial charge is 0.508 e. The van der Waals surface area contributed by atoms with Crippen molar-refractivity contribution in [3.63, 3.8) is 0 Å². The molecular formula is C54H87N11O17S. The smallest absolute Gasteiger partial charge is 0.326 e. The summed E-state index contributed by atoms with van der Waals surface area (Å²) in [5.74, 6) is -17.4. The summed E-state index contributed by atoms with van der Waals surface area (Å²) in [4.78, 5) is 172. The van der Waals surface area contributed by atoms with Gasteiger partial charge in [0.05, 0.1) is 18.9 Å². The minimum Gasteiger partial charge on any atom is -0.508 e. The van der Waals surface area contributed by atoms with Crippen molar-refractivity contribution in [3.8, 4) is 5.75 Å². The number of primary amides is 1. The van der Waals surface area contributed by atoms with Crippen LogP contribution in [0.4, 0.5) is 0 Å². The van der Waals surface area contributed by atoms with Crippen molar-refractivity contribution >= 4 is 89.6 Å². The van der Waals surface area contributed by atoms with E-state index in [0.29, 0.717) is 18.4 Å². The monoisotopic (exact) mass is 1190 g/mol. The number of hydrogen-bond acceptors (Lipinski definition) is 16. The third kappa shape index (κ3) is 25.6. The number of rotatable bonds is 38. The van der Waals surface area contributed by atoms with E-state index in [1.54, 1.807) is 55.4 Å². The molecule has 0 heterocycles. The lowest BCUT2D eigenvalue weighted by Gasteiger charge is -2.30. The maximum absolute atomic E-state index is 14.5. The summed E-state index contributed by atoms with van der Waals surface area (Å²) in [6, 6.07) is -9.81. The van der Waals surface area contributed by atoms with Crippen LogP contribution < -0.4 is 59.3 Å². The van der Waals surface area contributed by atoms with Crippen LogP contribution in [0.2, 0.25) is 0 Å². The number of aliphatic carboxylic acids is 3. The van der Waals surface area contributed by atoms with Crippen LogP contribution >= 0.6 is 12.6 Å². The van der Waals surface area contributed by atoms with E-state index in [2.05, 4.69) is 60.5 Å². The van der Waals surface area contributed by atoms with Crippen molar-refractivity contribution in [3.05, 3.63) is 29.8 Å². The van der Waals surface area contributed by atoms with Crippen molar-refractivity contribution in [2.24, 2.45) is 41.1 Å². The molecular weight excluding hydrogens is 1110 g/mol. The molecule has 17 N–H and O–H groups in total. The van der Waals surface area contributed by atoms with Crippen LogP contribution in [-0.2, 0) is 68.7 Å². The van der Waals surface area contributed by atoms with Crippen molar-refractivity contribution in [1.82, 2.24) is 47.9 Å². The number of benzene rings is 1. The Bertz CT molecular complexity index is 2430. The Morgan fingerprint density at radius 2 is 0.855 bits per heavy atom. The van der Waals surface area contributed by atoms with E-state index in [9.17, 15) is 82.8 Å². The molecule has 0 saturated heterocycles. The zero-order valence-corrected chi connectivity index (χ0v) is 49.6. The summed E-state index contributed by atoms with van der Waals surface area (Å²) >= 11 is 4.26. The Morgan fingerprint density at radius 3 is 1.28 bits per heavy atom. The highest BCUT2D eigenvalue weighted by molar-refractivity contribution is 7.80. The fourth-order valence-corrected chi connectivity index (χ4v) is 8.35. The van der Waals surface area contributed by atoms with Gasteiger partial charge in [0.25, 0.3) is 0 Å². The molecule has 466 valence electrons. The fourth-order valence-electron chi connectivity index (χ4n) is 8.10. The average molecular weight is 1190 g/mol. The molecule has 83 heavy (non-hydrogen) atoms. The van der Waals surface area contributed by atoms with Crippen molar-refractivity contribution in [1.29, 1.82) is 0 Å². The van der Waals surface area contributed by atoms with Gasteiger partial charge in [0.1, 0.15) is 60.1 Å². The SMILES string of the molecule is CC[C@H](C)[C@H](N)C(=O)N[C@H](C(=O)N[C@H](C(=O)N[C@@H](CS)C(=O)N[C@@H](CCC(N)=O)C(=O)N[C@@H](Cc1ccc(O)cc1)C(=O)N[C@H](C(=O)N[C@@H](CC(=O)O)C(=O)N[C@@H](CC(=O)O)C(=O)N[C@@H](CC(C)C)C(=O)O)[C@@H](C)CC)[C@@H](C)CC)C(C)C. The van der Waals surface area contributed by atoms with E-state index < -0.39 is 181 Å². The molecule has 0 saturated carbocycles. The van der Waals surface area contributed by atoms with Crippen molar-refractivity contribution in [2.75, 3.05) is 5.75 Å². The lowest BCUT2D eigenvalue weighted by molar-refractivity contribution is -0.145. The Balaban J connectivity index is 3.65. The highest BCUT2D eigenvalue weighted by Gasteiger charge is 2.39. The molecule has 0 aliphatic heterocycles. The summed E-state index contributed by atoms with van der Waals surface area (Å²) < 4.78 is 0. The normalized spacial score (nSPS) is 15.9. The molecule has 0 aliphatic carbocycles. The first kappa shape index (κ1) is 73.5. The van der Waals surface area contributed by atoms with Gasteiger partial charge in [0, 0.05) is 18.6 Å². The van der Waals surface area contributed by atoms with Gasteiger partial charge in [-0.25, -0.2) is 4.79 Å². The lowest BCUT2D eigenvalue weighted by Crippen LogP contribution is -2.62. The fraction of sp³-hybridized carbons (Fsp3) is 0.648. The lowest BCUT2D eigenvalue weighted by atomic mass is 9.95. The zero-order valence-electron chi connectivity index (χ0n) is 48.7. The molecule has 13 atom stereocenters. The molecule has 0 aliphatic rings. The summed E-state index contributed by atoms with van der Waals surface area (Å²) in [5.41, 5.74) is 11.9. The van der Waals surface area contributed by atoms with Gasteiger partial charge in [-0.1, -0.05) is 101 Å². The summed E-state index contributed by atoms with van der Waals surface area (Å²) in [6.45, 7) is 16.9. The number of carbonyl (C=O) groups is 13. The van der Waals surface area contributed by atoms with Crippen LogP contribution in [0.25, 0.3) is 0 Å². The first-order valence-electron chi connectivity index (χ1n) is 27.5. The van der Waals surface area contributed by atoms with Gasteiger partial charge in [0.15, 0.2) is 0 Å². The van der Waals surface area contributed by atoms with Gasteiger partial charge in [-0.05, 0) is 60.1 Å². The molecule has 1 aromatic carbocycles. The zero-order chi connectivity index (χ0) is 63.6. The summed E-state index contributed by atoms with van der Waals surface area (Å²) in [5, 5.41) is 60.9. The summed E-state index contributed by atoms with van der Waals surface area (Å²) in [6.07, 6.45) is -2.49. The van der Waals surface area contributed by atoms with Crippen LogP contribution in [0, 0.1) is 29.6 Å². The maximum Gasteiger partial charge on any atom is 0.326 e. The summed E-state index contributed by atoms with van der Waals surface area (Å²) in [7, 11) is 0. The Morgan fingerprint density at radius 1 is 0.482 bits per heavy atom. The van der Waals surface area contributed by atoms with E-state index in [-0.39, 0.29) is 42.6 Å².